The number of rotatable bonds is 5. The highest BCUT2D eigenvalue weighted by atomic mass is 16.4. The Balaban J connectivity index is 2.60. The maximum absolute atomic E-state index is 11.1. The van der Waals surface area contributed by atoms with Crippen molar-refractivity contribution in [2.75, 3.05) is 11.4 Å². The number of aliphatic carboxylic acids is 1. The van der Waals surface area contributed by atoms with E-state index in [-0.39, 0.29) is 12.6 Å². The highest BCUT2D eigenvalue weighted by Gasteiger charge is 2.21. The van der Waals surface area contributed by atoms with Crippen LogP contribution in [0, 0.1) is 11.3 Å². The molecule has 0 saturated carbocycles. The first-order valence-corrected chi connectivity index (χ1v) is 6.85. The number of carboxylic acids is 1. The third-order valence-electron chi connectivity index (χ3n) is 3.52. The lowest BCUT2D eigenvalue weighted by Gasteiger charge is -2.28. The fourth-order valence-electron chi connectivity index (χ4n) is 2.21. The molecule has 1 aromatic heterocycles. The number of aromatic nitrogens is 1. The first-order valence-electron chi connectivity index (χ1n) is 6.85. The monoisotopic (exact) mass is 283 g/mol. The van der Waals surface area contributed by atoms with Gasteiger partial charge in [-0.1, -0.05) is 25.1 Å². The minimum absolute atomic E-state index is 0.0122. The van der Waals surface area contributed by atoms with Crippen LogP contribution in [0.4, 0.5) is 5.82 Å². The minimum atomic E-state index is -0.936. The molecule has 1 heterocycles. The molecule has 1 atom stereocenters. The van der Waals surface area contributed by atoms with Crippen LogP contribution >= 0.6 is 0 Å². The third-order valence-corrected chi connectivity index (χ3v) is 3.52. The van der Waals surface area contributed by atoms with E-state index in [1.165, 1.54) is 0 Å². The lowest BCUT2D eigenvalue weighted by Crippen LogP contribution is -2.38. The summed E-state index contributed by atoms with van der Waals surface area (Å²) in [7, 11) is 0. The van der Waals surface area contributed by atoms with Crippen LogP contribution < -0.4 is 4.90 Å². The van der Waals surface area contributed by atoms with Crippen LogP contribution in [0.1, 0.15) is 25.8 Å². The molecule has 2 rings (SSSR count). The van der Waals surface area contributed by atoms with Crippen molar-refractivity contribution in [1.82, 2.24) is 4.98 Å². The molecule has 0 bridgehead atoms. The Morgan fingerprint density at radius 2 is 2.19 bits per heavy atom. The van der Waals surface area contributed by atoms with Crippen molar-refractivity contribution in [1.29, 1.82) is 5.26 Å². The number of anilines is 1. The van der Waals surface area contributed by atoms with Gasteiger partial charge in [0.25, 0.3) is 0 Å². The summed E-state index contributed by atoms with van der Waals surface area (Å²) in [5, 5.41) is 19.3. The molecule has 0 fully saturated rings. The molecule has 1 unspecified atom stereocenters. The van der Waals surface area contributed by atoms with Gasteiger partial charge in [-0.2, -0.15) is 5.26 Å². The van der Waals surface area contributed by atoms with Crippen LogP contribution in [0.25, 0.3) is 10.9 Å². The van der Waals surface area contributed by atoms with Gasteiger partial charge in [0.05, 0.1) is 11.1 Å². The van der Waals surface area contributed by atoms with E-state index in [9.17, 15) is 10.1 Å². The molecule has 0 spiro atoms. The molecule has 0 amide bonds. The van der Waals surface area contributed by atoms with Crippen LogP contribution in [0.3, 0.4) is 0 Å². The lowest BCUT2D eigenvalue weighted by atomic mass is 10.1. The maximum atomic E-state index is 11.1. The van der Waals surface area contributed by atoms with Crippen molar-refractivity contribution in [3.8, 4) is 6.07 Å². The quantitative estimate of drug-likeness (QED) is 0.913. The Bertz CT molecular complexity index is 706. The summed E-state index contributed by atoms with van der Waals surface area (Å²) in [6.07, 6.45) is 0.770. The van der Waals surface area contributed by atoms with E-state index in [1.54, 1.807) is 11.0 Å². The van der Waals surface area contributed by atoms with Gasteiger partial charge in [0, 0.05) is 11.4 Å². The Morgan fingerprint density at radius 3 is 2.81 bits per heavy atom. The maximum Gasteiger partial charge on any atom is 0.323 e. The van der Waals surface area contributed by atoms with Crippen LogP contribution in [0.2, 0.25) is 0 Å². The van der Waals surface area contributed by atoms with E-state index >= 15 is 0 Å². The SMILES string of the molecule is CCC(C)N(CC(=O)O)c1nc2ccccc2cc1C#N. The fourth-order valence-corrected chi connectivity index (χ4v) is 2.21. The van der Waals surface area contributed by atoms with Crippen molar-refractivity contribution in [2.45, 2.75) is 26.3 Å². The molecule has 0 aliphatic carbocycles. The Hall–Kier alpha value is -2.61. The summed E-state index contributed by atoms with van der Waals surface area (Å²) in [4.78, 5) is 17.3. The second kappa shape index (κ2) is 6.23. The van der Waals surface area contributed by atoms with Gasteiger partial charge in [-0.25, -0.2) is 4.98 Å². The van der Waals surface area contributed by atoms with Crippen molar-refractivity contribution >= 4 is 22.7 Å². The Kier molecular flexibility index (Phi) is 4.39. The molecule has 0 aliphatic heterocycles. The Labute approximate surface area is 123 Å². The van der Waals surface area contributed by atoms with Gasteiger partial charge in [-0.15, -0.1) is 0 Å². The number of fused-ring (bicyclic) bond motifs is 1. The van der Waals surface area contributed by atoms with Gasteiger partial charge in [0.15, 0.2) is 0 Å². The number of carboxylic acid groups (broad SMARTS) is 1. The minimum Gasteiger partial charge on any atom is -0.480 e. The molecular weight excluding hydrogens is 266 g/mol. The number of para-hydroxylation sites is 1. The van der Waals surface area contributed by atoms with Crippen molar-refractivity contribution in [2.24, 2.45) is 0 Å². The van der Waals surface area contributed by atoms with Crippen molar-refractivity contribution < 1.29 is 9.90 Å². The van der Waals surface area contributed by atoms with Gasteiger partial charge in [0.2, 0.25) is 0 Å². The molecule has 108 valence electrons. The predicted molar refractivity (Wildman–Crippen MR) is 81.2 cm³/mol. The fraction of sp³-hybridized carbons (Fsp3) is 0.312. The van der Waals surface area contributed by atoms with Crippen molar-refractivity contribution in [3.63, 3.8) is 0 Å². The lowest BCUT2D eigenvalue weighted by molar-refractivity contribution is -0.135. The number of benzene rings is 1. The standard InChI is InChI=1S/C16H17N3O2/c1-3-11(2)19(10-15(20)21)16-13(9-17)8-12-6-4-5-7-14(12)18-16/h4-8,11H,3,10H2,1-2H3,(H,20,21). The molecular formula is C16H17N3O2. The Morgan fingerprint density at radius 1 is 1.48 bits per heavy atom. The van der Waals surface area contributed by atoms with E-state index in [1.807, 2.05) is 38.1 Å². The first-order chi connectivity index (χ1) is 10.1. The highest BCUT2D eigenvalue weighted by molar-refractivity contribution is 5.84. The summed E-state index contributed by atoms with van der Waals surface area (Å²) >= 11 is 0. The van der Waals surface area contributed by atoms with Gasteiger partial charge < -0.3 is 10.0 Å². The summed E-state index contributed by atoms with van der Waals surface area (Å²) in [5.41, 5.74) is 1.15. The number of carbonyl (C=O) groups is 1. The molecule has 1 aromatic carbocycles. The highest BCUT2D eigenvalue weighted by Crippen LogP contribution is 2.25. The molecule has 0 radical (unpaired) electrons. The van der Waals surface area contributed by atoms with Crippen LogP contribution in [0.5, 0.6) is 0 Å². The number of nitriles is 1. The van der Waals surface area contributed by atoms with Crippen LogP contribution in [-0.4, -0.2) is 28.6 Å². The molecule has 5 heteroatoms. The van der Waals surface area contributed by atoms with E-state index < -0.39 is 5.97 Å². The third kappa shape index (κ3) is 3.11. The second-order valence-electron chi connectivity index (χ2n) is 4.94. The normalized spacial score (nSPS) is 11.9. The van der Waals surface area contributed by atoms with E-state index in [0.717, 1.165) is 17.3 Å². The van der Waals surface area contributed by atoms with E-state index in [2.05, 4.69) is 11.1 Å². The summed E-state index contributed by atoms with van der Waals surface area (Å²) < 4.78 is 0. The molecule has 2 aromatic rings. The zero-order chi connectivity index (χ0) is 15.4. The number of pyridine rings is 1. The number of hydrogen-bond acceptors (Lipinski definition) is 4. The molecule has 0 saturated heterocycles. The van der Waals surface area contributed by atoms with Gasteiger partial charge in [0.1, 0.15) is 18.4 Å². The number of nitrogens with zero attached hydrogens (tertiary/aromatic N) is 3. The van der Waals surface area contributed by atoms with E-state index in [0.29, 0.717) is 11.4 Å². The van der Waals surface area contributed by atoms with Gasteiger partial charge >= 0.3 is 5.97 Å². The zero-order valence-electron chi connectivity index (χ0n) is 12.1. The average Bonchev–Trinajstić information content (AvgIpc) is 2.50. The van der Waals surface area contributed by atoms with Crippen LogP contribution in [0.15, 0.2) is 30.3 Å². The molecule has 1 N–H and O–H groups in total. The topological polar surface area (TPSA) is 77.2 Å². The largest absolute Gasteiger partial charge is 0.480 e. The zero-order valence-corrected chi connectivity index (χ0v) is 12.1. The van der Waals surface area contributed by atoms with E-state index in [4.69, 9.17) is 5.11 Å². The average molecular weight is 283 g/mol. The van der Waals surface area contributed by atoms with Crippen LogP contribution in [-0.2, 0) is 4.79 Å². The smallest absolute Gasteiger partial charge is 0.323 e. The van der Waals surface area contributed by atoms with Gasteiger partial charge in [-0.05, 0) is 25.5 Å². The summed E-state index contributed by atoms with van der Waals surface area (Å²) in [5.74, 6) is -0.498. The van der Waals surface area contributed by atoms with Gasteiger partial charge in [-0.3, -0.25) is 4.79 Å². The predicted octanol–water partition coefficient (Wildman–Crippen LogP) is 2.80. The first kappa shape index (κ1) is 14.8. The number of hydrogen-bond donors (Lipinski definition) is 1. The molecule has 21 heavy (non-hydrogen) atoms. The summed E-state index contributed by atoms with van der Waals surface area (Å²) in [6.45, 7) is 3.74. The van der Waals surface area contributed by atoms with Crippen molar-refractivity contribution in [3.05, 3.63) is 35.9 Å². The molecule has 0 aliphatic rings. The molecule has 5 nitrogen and oxygen atoms in total. The summed E-state index contributed by atoms with van der Waals surface area (Å²) in [6, 6.07) is 11.4. The second-order valence-corrected chi connectivity index (χ2v) is 4.94.